The van der Waals surface area contributed by atoms with E-state index in [-0.39, 0.29) is 11.7 Å². The van der Waals surface area contributed by atoms with E-state index < -0.39 is 6.10 Å². The zero-order chi connectivity index (χ0) is 25.0. The number of nitrogens with one attached hydrogen (secondary N) is 2. The maximum absolute atomic E-state index is 13.6. The summed E-state index contributed by atoms with van der Waals surface area (Å²) in [5, 5.41) is 32.3. The maximum atomic E-state index is 13.6. The lowest BCUT2D eigenvalue weighted by atomic mass is 10.0. The molecule has 0 saturated heterocycles. The van der Waals surface area contributed by atoms with E-state index in [0.29, 0.717) is 24.1 Å². The first kappa shape index (κ1) is 22.8. The van der Waals surface area contributed by atoms with Crippen LogP contribution in [0.3, 0.4) is 0 Å². The molecule has 3 aromatic rings. The molecule has 2 aliphatic carbocycles. The SMILES string of the molecule is Cc1nn(C2=C/C(=N)Nc3c(c(-c4ccc(F)cc4)nn3CC3CC3)C/C=N\2)c(C)c1C(O)C1CC1. The van der Waals surface area contributed by atoms with Crippen molar-refractivity contribution in [1.82, 2.24) is 19.6 Å². The van der Waals surface area contributed by atoms with Crippen LogP contribution in [0.15, 0.2) is 35.3 Å². The van der Waals surface area contributed by atoms with Crippen LogP contribution >= 0.6 is 0 Å². The van der Waals surface area contributed by atoms with Gasteiger partial charge in [0, 0.05) is 47.6 Å². The molecule has 1 aliphatic heterocycles. The highest BCUT2D eigenvalue weighted by molar-refractivity contribution is 6.05. The standard InChI is InChI=1S/C27H30FN7O/c1-15-24(26(36)19-5-6-19)16(2)35(32-15)23-13-22(29)31-27-21(11-12-30-23)25(18-7-9-20(28)10-8-18)33-34(27)14-17-3-4-17/h7-10,12-13,17,19,26,36H,3-6,11,14H2,1-2H3,(H2,29,31)/b23-13+,30-12-. The third-order valence-corrected chi connectivity index (χ3v) is 7.27. The van der Waals surface area contributed by atoms with Crippen LogP contribution < -0.4 is 5.32 Å². The minimum Gasteiger partial charge on any atom is -0.388 e. The summed E-state index contributed by atoms with van der Waals surface area (Å²) in [5.41, 5.74) is 4.99. The summed E-state index contributed by atoms with van der Waals surface area (Å²) < 4.78 is 17.3. The number of hydrogen-bond acceptors (Lipinski definition) is 5. The molecule has 3 N–H and O–H groups in total. The van der Waals surface area contributed by atoms with Gasteiger partial charge in [-0.2, -0.15) is 10.2 Å². The van der Waals surface area contributed by atoms with E-state index in [1.165, 1.54) is 25.0 Å². The second kappa shape index (κ2) is 8.81. The van der Waals surface area contributed by atoms with Gasteiger partial charge in [0.25, 0.3) is 0 Å². The molecule has 3 heterocycles. The van der Waals surface area contributed by atoms with Gasteiger partial charge in [0.15, 0.2) is 5.82 Å². The molecule has 6 rings (SSSR count). The molecule has 0 spiro atoms. The molecule has 2 fully saturated rings. The molecule has 2 aromatic heterocycles. The quantitative estimate of drug-likeness (QED) is 0.461. The fourth-order valence-corrected chi connectivity index (χ4v) is 4.98. The van der Waals surface area contributed by atoms with Gasteiger partial charge in [-0.3, -0.25) is 5.41 Å². The summed E-state index contributed by atoms with van der Waals surface area (Å²) >= 11 is 0. The number of aryl methyl sites for hydroxylation is 1. The lowest BCUT2D eigenvalue weighted by molar-refractivity contribution is 0.152. The molecule has 2 saturated carbocycles. The number of aromatic nitrogens is 4. The van der Waals surface area contributed by atoms with Crippen LogP contribution in [0.5, 0.6) is 0 Å². The van der Waals surface area contributed by atoms with Gasteiger partial charge in [-0.05, 0) is 75.6 Å². The molecule has 36 heavy (non-hydrogen) atoms. The van der Waals surface area contributed by atoms with Gasteiger partial charge in [0.05, 0.1) is 17.5 Å². The number of rotatable bonds is 6. The summed E-state index contributed by atoms with van der Waals surface area (Å²) in [5.74, 6) is 2.05. The van der Waals surface area contributed by atoms with E-state index in [1.54, 1.807) is 22.9 Å². The summed E-state index contributed by atoms with van der Waals surface area (Å²) in [7, 11) is 0. The summed E-state index contributed by atoms with van der Waals surface area (Å²) in [6.45, 7) is 4.62. The number of aliphatic imine (C=N–C) groups is 1. The van der Waals surface area contributed by atoms with Crippen LogP contribution in [-0.2, 0) is 13.0 Å². The predicted molar refractivity (Wildman–Crippen MR) is 138 cm³/mol. The van der Waals surface area contributed by atoms with Gasteiger partial charge in [0.1, 0.15) is 17.5 Å². The van der Waals surface area contributed by atoms with E-state index in [9.17, 15) is 9.50 Å². The number of benzene rings is 1. The Kier molecular flexibility index (Phi) is 5.59. The molecule has 0 amide bonds. The Morgan fingerprint density at radius 2 is 1.89 bits per heavy atom. The first-order chi connectivity index (χ1) is 17.4. The topological polar surface area (TPSA) is 104 Å². The molecule has 0 bridgehead atoms. The van der Waals surface area contributed by atoms with Gasteiger partial charge >= 0.3 is 0 Å². The maximum Gasteiger partial charge on any atom is 0.156 e. The van der Waals surface area contributed by atoms with Crippen LogP contribution in [0.4, 0.5) is 10.2 Å². The van der Waals surface area contributed by atoms with Crippen molar-refractivity contribution in [3.05, 3.63) is 58.7 Å². The summed E-state index contributed by atoms with van der Waals surface area (Å²) in [6, 6.07) is 6.36. The number of halogens is 1. The fraction of sp³-hybridized carbons (Fsp3) is 0.407. The van der Waals surface area contributed by atoms with Gasteiger partial charge < -0.3 is 10.4 Å². The number of nitrogens with zero attached hydrogens (tertiary/aromatic N) is 5. The third kappa shape index (κ3) is 4.28. The lowest BCUT2D eigenvalue weighted by Crippen LogP contribution is -2.15. The summed E-state index contributed by atoms with van der Waals surface area (Å²) in [6.07, 6.45) is 7.86. The normalized spacial score (nSPS) is 21.0. The third-order valence-electron chi connectivity index (χ3n) is 7.27. The molecule has 8 nitrogen and oxygen atoms in total. The van der Waals surface area contributed by atoms with Crippen LogP contribution in [0.1, 0.15) is 54.3 Å². The Morgan fingerprint density at radius 3 is 2.58 bits per heavy atom. The van der Waals surface area contributed by atoms with Gasteiger partial charge in [-0.1, -0.05) is 0 Å². The number of aliphatic hydroxyl groups is 1. The minimum atomic E-state index is -0.520. The number of hydrogen-bond donors (Lipinski definition) is 3. The van der Waals surface area contributed by atoms with Crippen molar-refractivity contribution in [2.75, 3.05) is 5.32 Å². The molecular formula is C27H30FN7O. The summed E-state index contributed by atoms with van der Waals surface area (Å²) in [4.78, 5) is 4.71. The van der Waals surface area contributed by atoms with E-state index in [0.717, 1.165) is 59.0 Å². The molecular weight excluding hydrogens is 457 g/mol. The zero-order valence-corrected chi connectivity index (χ0v) is 20.5. The average Bonchev–Trinajstić information content (AvgIpc) is 3.77. The molecule has 1 aromatic carbocycles. The van der Waals surface area contributed by atoms with Gasteiger partial charge in [-0.15, -0.1) is 0 Å². The van der Waals surface area contributed by atoms with Crippen LogP contribution in [0.2, 0.25) is 0 Å². The number of fused-ring (bicyclic) bond motifs is 1. The molecule has 1 atom stereocenters. The van der Waals surface area contributed by atoms with Crippen molar-refractivity contribution in [1.29, 1.82) is 5.41 Å². The van der Waals surface area contributed by atoms with E-state index in [2.05, 4.69) is 10.4 Å². The van der Waals surface area contributed by atoms with Crippen LogP contribution in [-0.4, -0.2) is 36.7 Å². The Morgan fingerprint density at radius 1 is 1.14 bits per heavy atom. The minimum absolute atomic E-state index is 0.171. The van der Waals surface area contributed by atoms with Crippen molar-refractivity contribution in [3.8, 4) is 11.3 Å². The molecule has 0 radical (unpaired) electrons. The molecule has 3 aliphatic rings. The van der Waals surface area contributed by atoms with Crippen LogP contribution in [0, 0.1) is 36.9 Å². The number of amidine groups is 1. The van der Waals surface area contributed by atoms with Crippen LogP contribution in [0.25, 0.3) is 17.1 Å². The highest BCUT2D eigenvalue weighted by Crippen LogP contribution is 2.43. The van der Waals surface area contributed by atoms with Crippen molar-refractivity contribution < 1.29 is 9.50 Å². The highest BCUT2D eigenvalue weighted by Gasteiger charge is 2.34. The first-order valence-electron chi connectivity index (χ1n) is 12.6. The van der Waals surface area contributed by atoms with E-state index in [1.807, 2.05) is 24.7 Å². The number of aliphatic hydroxyl groups excluding tert-OH is 1. The Hall–Kier alpha value is -3.59. The fourth-order valence-electron chi connectivity index (χ4n) is 4.98. The van der Waals surface area contributed by atoms with E-state index in [4.69, 9.17) is 15.5 Å². The molecule has 9 heteroatoms. The Balaban J connectivity index is 1.38. The molecule has 186 valence electrons. The van der Waals surface area contributed by atoms with Crippen molar-refractivity contribution in [2.24, 2.45) is 16.8 Å². The Bertz CT molecular complexity index is 1390. The second-order valence-electron chi connectivity index (χ2n) is 10.1. The zero-order valence-electron chi connectivity index (χ0n) is 20.5. The second-order valence-corrected chi connectivity index (χ2v) is 10.1. The molecule has 1 unspecified atom stereocenters. The van der Waals surface area contributed by atoms with Crippen molar-refractivity contribution in [3.63, 3.8) is 0 Å². The van der Waals surface area contributed by atoms with E-state index >= 15 is 0 Å². The Labute approximate surface area is 209 Å². The smallest absolute Gasteiger partial charge is 0.156 e. The first-order valence-corrected chi connectivity index (χ1v) is 12.6. The van der Waals surface area contributed by atoms with Crippen molar-refractivity contribution >= 4 is 23.7 Å². The lowest BCUT2D eigenvalue weighted by Gasteiger charge is -2.11. The monoisotopic (exact) mass is 487 g/mol. The highest BCUT2D eigenvalue weighted by atomic mass is 19.1. The number of anilines is 1. The largest absolute Gasteiger partial charge is 0.388 e. The average molecular weight is 488 g/mol. The van der Waals surface area contributed by atoms with Crippen molar-refractivity contribution in [2.45, 2.75) is 58.6 Å². The van der Waals surface area contributed by atoms with Gasteiger partial charge in [-0.25, -0.2) is 18.7 Å². The predicted octanol–water partition coefficient (Wildman–Crippen LogP) is 4.87. The van der Waals surface area contributed by atoms with Gasteiger partial charge in [0.2, 0.25) is 0 Å².